The van der Waals surface area contributed by atoms with Gasteiger partial charge in [0.2, 0.25) is 0 Å². The summed E-state index contributed by atoms with van der Waals surface area (Å²) in [5.74, 6) is 0. The van der Waals surface area contributed by atoms with E-state index in [4.69, 9.17) is 4.43 Å². The predicted molar refractivity (Wildman–Crippen MR) is 109 cm³/mol. The summed E-state index contributed by atoms with van der Waals surface area (Å²) in [6, 6.07) is 21.4. The highest BCUT2D eigenvalue weighted by atomic mass is 127. The Morgan fingerprint density at radius 3 is 1.91 bits per heavy atom. The maximum Gasteiger partial charge on any atom is 0.280 e. The van der Waals surface area contributed by atoms with Gasteiger partial charge in [-0.1, -0.05) is 102 Å². The maximum atomic E-state index is 6.93. The molecule has 0 amide bonds. The van der Waals surface area contributed by atoms with Crippen LogP contribution in [0.5, 0.6) is 0 Å². The van der Waals surface area contributed by atoms with Crippen molar-refractivity contribution in [2.75, 3.05) is 0 Å². The van der Waals surface area contributed by atoms with Crippen molar-refractivity contribution in [3.8, 4) is 0 Å². The molecule has 1 aliphatic carbocycles. The Kier molecular flexibility index (Phi) is 5.72. The van der Waals surface area contributed by atoms with E-state index < -0.39 is 8.32 Å². The van der Waals surface area contributed by atoms with Crippen molar-refractivity contribution < 1.29 is 4.43 Å². The second-order valence-electron chi connectivity index (χ2n) is 6.13. The minimum Gasteiger partial charge on any atom is -0.400 e. The third-order valence-electron chi connectivity index (χ3n) is 4.65. The molecule has 3 rings (SSSR count). The summed E-state index contributed by atoms with van der Waals surface area (Å²) in [5.41, 5.74) is 2.11. The Bertz CT molecular complexity index is 589. The highest BCUT2D eigenvalue weighted by molar-refractivity contribution is 14.1. The quantitative estimate of drug-likeness (QED) is 0.389. The van der Waals surface area contributed by atoms with Crippen molar-refractivity contribution in [1.82, 2.24) is 0 Å². The molecule has 0 heterocycles. The van der Waals surface area contributed by atoms with E-state index in [1.54, 1.807) is 0 Å². The van der Waals surface area contributed by atoms with Gasteiger partial charge in [-0.25, -0.2) is 0 Å². The highest BCUT2D eigenvalue weighted by Crippen LogP contribution is 2.29. The van der Waals surface area contributed by atoms with Gasteiger partial charge in [0.15, 0.2) is 0 Å². The summed E-state index contributed by atoms with van der Waals surface area (Å²) in [7, 11) is -2.39. The Labute approximate surface area is 154 Å². The van der Waals surface area contributed by atoms with E-state index in [0.717, 1.165) is 6.42 Å². The first kappa shape index (κ1) is 16.9. The molecule has 0 aliphatic heterocycles. The average Bonchev–Trinajstić information content (AvgIpc) is 2.63. The predicted octanol–water partition coefficient (Wildman–Crippen LogP) is 4.23. The Morgan fingerprint density at radius 1 is 0.913 bits per heavy atom. The van der Waals surface area contributed by atoms with E-state index in [-0.39, 0.29) is 0 Å². The Hall–Kier alpha value is -0.913. The van der Waals surface area contributed by atoms with Crippen molar-refractivity contribution in [3.05, 3.63) is 72.9 Å². The molecule has 0 unspecified atom stereocenters. The molecule has 0 aromatic heterocycles. The third kappa shape index (κ3) is 3.62. The lowest BCUT2D eigenvalue weighted by Crippen LogP contribution is -2.62. The fraction of sp³-hybridized carbons (Fsp3) is 0.300. The smallest absolute Gasteiger partial charge is 0.280 e. The summed E-state index contributed by atoms with van der Waals surface area (Å²) in [4.78, 5) is 0. The van der Waals surface area contributed by atoms with Crippen LogP contribution in [0.15, 0.2) is 72.9 Å². The van der Waals surface area contributed by atoms with Gasteiger partial charge in [-0.15, -0.1) is 6.58 Å². The lowest BCUT2D eigenvalue weighted by atomic mass is 9.98. The number of alkyl halides is 1. The van der Waals surface area contributed by atoms with Gasteiger partial charge in [0.1, 0.15) is 0 Å². The van der Waals surface area contributed by atoms with Gasteiger partial charge >= 0.3 is 0 Å². The Balaban J connectivity index is 2.04. The summed E-state index contributed by atoms with van der Waals surface area (Å²) >= 11 is 2.58. The van der Waals surface area contributed by atoms with E-state index in [0.29, 0.717) is 10.0 Å². The van der Waals surface area contributed by atoms with Crippen LogP contribution in [0.3, 0.4) is 0 Å². The fourth-order valence-electron chi connectivity index (χ4n) is 3.38. The molecular formula is C20H23IOSi. The van der Waals surface area contributed by atoms with Crippen molar-refractivity contribution in [2.24, 2.45) is 0 Å². The van der Waals surface area contributed by atoms with Crippen LogP contribution in [0.1, 0.15) is 25.7 Å². The van der Waals surface area contributed by atoms with E-state index in [9.17, 15) is 0 Å². The molecule has 1 fully saturated rings. The molecule has 0 saturated heterocycles. The molecule has 1 aliphatic rings. The third-order valence-corrected chi connectivity index (χ3v) is 9.71. The summed E-state index contributed by atoms with van der Waals surface area (Å²) in [6.45, 7) is 4.21. The zero-order chi connectivity index (χ0) is 16.1. The van der Waals surface area contributed by atoms with Crippen molar-refractivity contribution in [3.63, 3.8) is 0 Å². The van der Waals surface area contributed by atoms with Crippen molar-refractivity contribution >= 4 is 41.3 Å². The van der Waals surface area contributed by atoms with Gasteiger partial charge in [-0.05, 0) is 23.2 Å². The zero-order valence-electron chi connectivity index (χ0n) is 13.3. The van der Waals surface area contributed by atoms with Crippen LogP contribution in [0.4, 0.5) is 0 Å². The Morgan fingerprint density at radius 2 is 1.43 bits per heavy atom. The largest absolute Gasteiger partial charge is 0.400 e. The van der Waals surface area contributed by atoms with Crippen LogP contribution in [0, 0.1) is 0 Å². The average molecular weight is 434 g/mol. The standard InChI is InChI=1S/C20H23IOSi/c1-2-23(17-11-5-3-6-12-17,18-13-7-4-8-14-18)22-20-16-10-9-15-19(20)21/h2-8,11-14,19-20H,1,9-10,15-16H2/t19-,20-/m0/s1. The molecule has 3 heteroatoms. The van der Waals surface area contributed by atoms with Gasteiger partial charge in [-0.2, -0.15) is 0 Å². The number of hydrogen-bond donors (Lipinski definition) is 0. The molecule has 0 spiro atoms. The first-order valence-corrected chi connectivity index (χ1v) is 11.6. The zero-order valence-corrected chi connectivity index (χ0v) is 16.5. The van der Waals surface area contributed by atoms with Crippen molar-refractivity contribution in [1.29, 1.82) is 0 Å². The SMILES string of the molecule is C=C[Si](O[C@H]1CCCC[C@@H]1I)(c1ccccc1)c1ccccc1. The molecular weight excluding hydrogens is 411 g/mol. The van der Waals surface area contributed by atoms with Crippen LogP contribution >= 0.6 is 22.6 Å². The van der Waals surface area contributed by atoms with Gasteiger partial charge < -0.3 is 4.43 Å². The van der Waals surface area contributed by atoms with E-state index in [2.05, 4.69) is 95.5 Å². The number of benzene rings is 2. The maximum absolute atomic E-state index is 6.93. The first-order valence-electron chi connectivity index (χ1n) is 8.33. The van der Waals surface area contributed by atoms with Crippen molar-refractivity contribution in [2.45, 2.75) is 35.7 Å². The minimum atomic E-state index is -2.39. The molecule has 2 aromatic rings. The second kappa shape index (κ2) is 7.77. The van der Waals surface area contributed by atoms with Gasteiger partial charge in [0, 0.05) is 3.92 Å². The molecule has 23 heavy (non-hydrogen) atoms. The molecule has 120 valence electrons. The highest BCUT2D eigenvalue weighted by Gasteiger charge is 2.40. The molecule has 0 N–H and O–H groups in total. The van der Waals surface area contributed by atoms with Crippen LogP contribution in [-0.2, 0) is 4.43 Å². The van der Waals surface area contributed by atoms with Crippen LogP contribution in [0.2, 0.25) is 0 Å². The lowest BCUT2D eigenvalue weighted by Gasteiger charge is -2.37. The van der Waals surface area contributed by atoms with Gasteiger partial charge in [0.05, 0.1) is 6.10 Å². The summed E-state index contributed by atoms with van der Waals surface area (Å²) < 4.78 is 7.52. The normalized spacial score (nSPS) is 21.8. The topological polar surface area (TPSA) is 9.23 Å². The van der Waals surface area contributed by atoms with E-state index >= 15 is 0 Å². The number of hydrogen-bond acceptors (Lipinski definition) is 1. The first-order chi connectivity index (χ1) is 11.3. The van der Waals surface area contributed by atoms with Gasteiger partial charge in [0.25, 0.3) is 8.32 Å². The number of rotatable bonds is 5. The van der Waals surface area contributed by atoms with Crippen LogP contribution < -0.4 is 10.4 Å². The van der Waals surface area contributed by atoms with E-state index in [1.807, 2.05) is 0 Å². The summed E-state index contributed by atoms with van der Waals surface area (Å²) in [5, 5.41) is 2.57. The van der Waals surface area contributed by atoms with E-state index in [1.165, 1.54) is 29.6 Å². The molecule has 2 atom stereocenters. The second-order valence-corrected chi connectivity index (χ2v) is 11.0. The molecule has 1 nitrogen and oxygen atoms in total. The number of halogens is 1. The monoisotopic (exact) mass is 434 g/mol. The molecule has 2 aromatic carbocycles. The van der Waals surface area contributed by atoms with Gasteiger partial charge in [-0.3, -0.25) is 0 Å². The summed E-state index contributed by atoms with van der Waals surface area (Å²) in [6.07, 6.45) is 5.35. The molecule has 0 radical (unpaired) electrons. The lowest BCUT2D eigenvalue weighted by molar-refractivity contribution is 0.166. The molecule has 0 bridgehead atoms. The fourth-order valence-corrected chi connectivity index (χ4v) is 7.91. The minimum absolute atomic E-state index is 0.328. The van der Waals surface area contributed by atoms with Crippen LogP contribution in [0.25, 0.3) is 0 Å². The van der Waals surface area contributed by atoms with Crippen LogP contribution in [-0.4, -0.2) is 18.3 Å². The molecule has 1 saturated carbocycles.